The fourth-order valence-electron chi connectivity index (χ4n) is 3.65. The Hall–Kier alpha value is -2.29. The number of halogens is 1. The maximum absolute atomic E-state index is 13.4. The van der Waals surface area contributed by atoms with E-state index in [2.05, 4.69) is 15.1 Å². The lowest BCUT2D eigenvalue weighted by Gasteiger charge is -2.35. The van der Waals surface area contributed by atoms with Crippen LogP contribution in [-0.4, -0.2) is 34.4 Å². The third kappa shape index (κ3) is 3.92. The van der Waals surface area contributed by atoms with Gasteiger partial charge >= 0.3 is 0 Å². The normalized spacial score (nSPS) is 18.1. The van der Waals surface area contributed by atoms with Crippen LogP contribution < -0.4 is 0 Å². The highest BCUT2D eigenvalue weighted by Gasteiger charge is 2.37. The average Bonchev–Trinajstić information content (AvgIpc) is 3.14. The second-order valence-electron chi connectivity index (χ2n) is 7.13. The van der Waals surface area contributed by atoms with Gasteiger partial charge in [-0.05, 0) is 44.9 Å². The molecule has 7 nitrogen and oxygen atoms in total. The highest BCUT2D eigenvalue weighted by Crippen LogP contribution is 2.39. The number of aryl methyl sites for hydroxylation is 2. The van der Waals surface area contributed by atoms with Crippen LogP contribution in [0.4, 0.5) is 0 Å². The van der Waals surface area contributed by atoms with Crippen molar-refractivity contribution in [1.29, 1.82) is 0 Å². The second kappa shape index (κ2) is 7.85. The molecule has 0 aliphatic carbocycles. The third-order valence-electron chi connectivity index (χ3n) is 5.00. The summed E-state index contributed by atoms with van der Waals surface area (Å²) in [5, 5.41) is 4.33. The summed E-state index contributed by atoms with van der Waals surface area (Å²) in [5.74, 6) is 1.11. The van der Waals surface area contributed by atoms with E-state index in [9.17, 15) is 8.42 Å². The number of piperidine rings is 1. The quantitative estimate of drug-likeness (QED) is 0.610. The molecule has 1 atom stereocenters. The van der Waals surface area contributed by atoms with E-state index in [1.807, 2.05) is 6.92 Å². The molecule has 0 N–H and O–H groups in total. The first-order chi connectivity index (χ1) is 13.9. The van der Waals surface area contributed by atoms with Gasteiger partial charge < -0.3 is 4.52 Å². The minimum atomic E-state index is -3.75. The lowest BCUT2D eigenvalue weighted by Crippen LogP contribution is -2.39. The molecule has 152 valence electrons. The summed E-state index contributed by atoms with van der Waals surface area (Å²) in [6, 6.07) is 7.73. The van der Waals surface area contributed by atoms with Gasteiger partial charge in [0.25, 0.3) is 0 Å². The van der Waals surface area contributed by atoms with Crippen molar-refractivity contribution in [2.24, 2.45) is 0 Å². The number of hydrogen-bond acceptors (Lipinski definition) is 6. The second-order valence-corrected chi connectivity index (χ2v) is 9.46. The van der Waals surface area contributed by atoms with Gasteiger partial charge in [0.1, 0.15) is 5.82 Å². The summed E-state index contributed by atoms with van der Waals surface area (Å²) in [6.45, 7) is 4.03. The molecule has 29 heavy (non-hydrogen) atoms. The molecule has 1 saturated heterocycles. The first-order valence-corrected chi connectivity index (χ1v) is 11.2. The maximum Gasteiger partial charge on any atom is 0.243 e. The van der Waals surface area contributed by atoms with Crippen LogP contribution in [0, 0.1) is 13.8 Å². The molecular formula is C20H21ClN4O3S. The molecule has 1 fully saturated rings. The predicted molar refractivity (Wildman–Crippen MR) is 109 cm³/mol. The van der Waals surface area contributed by atoms with Crippen LogP contribution in [-0.2, 0) is 10.0 Å². The fourth-order valence-corrected chi connectivity index (χ4v) is 5.61. The van der Waals surface area contributed by atoms with Crippen molar-refractivity contribution in [1.82, 2.24) is 19.4 Å². The van der Waals surface area contributed by atoms with Gasteiger partial charge in [-0.3, -0.25) is 0 Å². The van der Waals surface area contributed by atoms with Crippen LogP contribution >= 0.6 is 11.6 Å². The lowest BCUT2D eigenvalue weighted by molar-refractivity contribution is 0.251. The standard InChI is InChI=1S/C20H21ClN4O3S/c1-13-10-19(28-24-13)17-12-22-14(2)23-20(17)18-8-3-4-9-25(18)29(26,27)16-7-5-6-15(21)11-16/h5-7,10-12,18H,3-4,8-9H2,1-2H3/t18-/m0/s1. The Bertz CT molecular complexity index is 1150. The first kappa shape index (κ1) is 20.0. The Morgan fingerprint density at radius 2 is 2.03 bits per heavy atom. The topological polar surface area (TPSA) is 89.2 Å². The summed E-state index contributed by atoms with van der Waals surface area (Å²) in [5.41, 5.74) is 2.03. The molecule has 0 bridgehead atoms. The molecule has 1 aliphatic heterocycles. The summed E-state index contributed by atoms with van der Waals surface area (Å²) in [7, 11) is -3.75. The van der Waals surface area contributed by atoms with Gasteiger partial charge in [-0.25, -0.2) is 18.4 Å². The predicted octanol–water partition coefficient (Wildman–Crippen LogP) is 4.32. The van der Waals surface area contributed by atoms with Crippen LogP contribution in [0.1, 0.15) is 42.5 Å². The van der Waals surface area contributed by atoms with Gasteiger partial charge in [0, 0.05) is 23.8 Å². The zero-order valence-electron chi connectivity index (χ0n) is 16.2. The zero-order chi connectivity index (χ0) is 20.6. The molecule has 3 heterocycles. The van der Waals surface area contributed by atoms with Crippen LogP contribution in [0.5, 0.6) is 0 Å². The third-order valence-corrected chi connectivity index (χ3v) is 7.14. The Morgan fingerprint density at radius 1 is 1.21 bits per heavy atom. The van der Waals surface area contributed by atoms with E-state index in [1.54, 1.807) is 37.4 Å². The maximum atomic E-state index is 13.4. The number of sulfonamides is 1. The van der Waals surface area contributed by atoms with Crippen molar-refractivity contribution in [2.45, 2.75) is 44.0 Å². The number of benzene rings is 1. The number of hydrogen-bond donors (Lipinski definition) is 0. The zero-order valence-corrected chi connectivity index (χ0v) is 17.7. The van der Waals surface area contributed by atoms with E-state index in [-0.39, 0.29) is 4.90 Å². The van der Waals surface area contributed by atoms with Crippen molar-refractivity contribution < 1.29 is 12.9 Å². The Balaban J connectivity index is 1.82. The molecule has 3 aromatic rings. The fraction of sp³-hybridized carbons (Fsp3) is 0.350. The molecule has 0 amide bonds. The molecule has 1 aliphatic rings. The van der Waals surface area contributed by atoms with Gasteiger partial charge in [0.2, 0.25) is 10.0 Å². The van der Waals surface area contributed by atoms with Crippen molar-refractivity contribution in [3.63, 3.8) is 0 Å². The number of aromatic nitrogens is 3. The summed E-state index contributed by atoms with van der Waals surface area (Å²) < 4.78 is 33.8. The molecule has 1 aromatic carbocycles. The molecule has 0 radical (unpaired) electrons. The number of nitrogens with zero attached hydrogens (tertiary/aromatic N) is 4. The Kier molecular flexibility index (Phi) is 5.42. The minimum absolute atomic E-state index is 0.180. The molecule has 0 unspecified atom stereocenters. The molecule has 0 spiro atoms. The highest BCUT2D eigenvalue weighted by molar-refractivity contribution is 7.89. The number of rotatable bonds is 4. The minimum Gasteiger partial charge on any atom is -0.356 e. The SMILES string of the molecule is Cc1cc(-c2cnc(C)nc2[C@@H]2CCCCN2S(=O)(=O)c2cccc(Cl)c2)on1. The van der Waals surface area contributed by atoms with E-state index in [0.29, 0.717) is 40.8 Å². The van der Waals surface area contributed by atoms with E-state index < -0.39 is 16.1 Å². The monoisotopic (exact) mass is 432 g/mol. The molecule has 4 rings (SSSR count). The summed E-state index contributed by atoms with van der Waals surface area (Å²) in [4.78, 5) is 9.10. The van der Waals surface area contributed by atoms with Crippen molar-refractivity contribution in [3.8, 4) is 11.3 Å². The first-order valence-electron chi connectivity index (χ1n) is 9.41. The van der Waals surface area contributed by atoms with E-state index in [0.717, 1.165) is 18.5 Å². The largest absolute Gasteiger partial charge is 0.356 e. The smallest absolute Gasteiger partial charge is 0.243 e. The average molecular weight is 433 g/mol. The van der Waals surface area contributed by atoms with Crippen LogP contribution in [0.2, 0.25) is 5.02 Å². The van der Waals surface area contributed by atoms with E-state index >= 15 is 0 Å². The van der Waals surface area contributed by atoms with Gasteiger partial charge in [-0.1, -0.05) is 29.2 Å². The Labute approximate surface area is 174 Å². The molecule has 9 heteroatoms. The van der Waals surface area contributed by atoms with Gasteiger partial charge in [-0.2, -0.15) is 4.31 Å². The van der Waals surface area contributed by atoms with Crippen LogP contribution in [0.15, 0.2) is 45.9 Å². The van der Waals surface area contributed by atoms with E-state index in [1.165, 1.54) is 10.4 Å². The summed E-state index contributed by atoms with van der Waals surface area (Å²) >= 11 is 6.05. The Morgan fingerprint density at radius 3 is 2.76 bits per heavy atom. The highest BCUT2D eigenvalue weighted by atomic mass is 35.5. The van der Waals surface area contributed by atoms with Crippen LogP contribution in [0.25, 0.3) is 11.3 Å². The van der Waals surface area contributed by atoms with Crippen LogP contribution in [0.3, 0.4) is 0 Å². The van der Waals surface area contributed by atoms with Crippen molar-refractivity contribution >= 4 is 21.6 Å². The van der Waals surface area contributed by atoms with Gasteiger partial charge in [0.15, 0.2) is 5.76 Å². The van der Waals surface area contributed by atoms with Gasteiger partial charge in [-0.15, -0.1) is 0 Å². The molecule has 0 saturated carbocycles. The van der Waals surface area contributed by atoms with Gasteiger partial charge in [0.05, 0.1) is 27.9 Å². The molecule has 2 aromatic heterocycles. The van der Waals surface area contributed by atoms with E-state index in [4.69, 9.17) is 16.1 Å². The van der Waals surface area contributed by atoms with Crippen molar-refractivity contribution in [2.75, 3.05) is 6.54 Å². The van der Waals surface area contributed by atoms with Crippen molar-refractivity contribution in [3.05, 3.63) is 58.8 Å². The molecular weight excluding hydrogens is 412 g/mol. The summed E-state index contributed by atoms with van der Waals surface area (Å²) in [6.07, 6.45) is 4.04. The lowest BCUT2D eigenvalue weighted by atomic mass is 9.98.